The molecule has 0 spiro atoms. The Morgan fingerprint density at radius 2 is 2.30 bits per heavy atom. The van der Waals surface area contributed by atoms with Crippen LogP contribution >= 0.6 is 0 Å². The monoisotopic (exact) mass is 277 g/mol. The third-order valence-electron chi connectivity index (χ3n) is 4.27. The van der Waals surface area contributed by atoms with Crippen molar-refractivity contribution in [3.05, 3.63) is 30.1 Å². The number of aromatic nitrogens is 1. The molecule has 2 rings (SSSR count). The van der Waals surface area contributed by atoms with Crippen LogP contribution in [0.5, 0.6) is 0 Å². The van der Waals surface area contributed by atoms with E-state index < -0.39 is 0 Å². The van der Waals surface area contributed by atoms with Gasteiger partial charge in [0.25, 0.3) is 0 Å². The van der Waals surface area contributed by atoms with Crippen LogP contribution in [0.4, 0.5) is 0 Å². The second kappa shape index (κ2) is 8.35. The summed E-state index contributed by atoms with van der Waals surface area (Å²) in [4.78, 5) is 6.73. The summed E-state index contributed by atoms with van der Waals surface area (Å²) in [6, 6.07) is 4.78. The van der Waals surface area contributed by atoms with E-state index in [1.807, 2.05) is 18.5 Å². The number of aliphatic hydroxyl groups is 1. The normalized spacial score (nSPS) is 23.3. The second-order valence-electron chi connectivity index (χ2n) is 5.73. The minimum absolute atomic E-state index is 0.233. The fraction of sp³-hybridized carbons (Fsp3) is 0.688. The first-order chi connectivity index (χ1) is 9.83. The number of rotatable bonds is 8. The van der Waals surface area contributed by atoms with Gasteiger partial charge in [0, 0.05) is 25.0 Å². The molecule has 2 atom stereocenters. The average molecular weight is 277 g/mol. The van der Waals surface area contributed by atoms with Gasteiger partial charge in [-0.2, -0.15) is 0 Å². The summed E-state index contributed by atoms with van der Waals surface area (Å²) in [5.41, 5.74) is 1.36. The van der Waals surface area contributed by atoms with Gasteiger partial charge in [0.2, 0.25) is 0 Å². The van der Waals surface area contributed by atoms with Crippen LogP contribution < -0.4 is 5.32 Å². The zero-order chi connectivity index (χ0) is 14.2. The van der Waals surface area contributed by atoms with E-state index in [-0.39, 0.29) is 6.61 Å². The SMILES string of the molecule is CN1CCC(CCCCNCCO)C1c1cccnc1. The molecule has 4 heteroatoms. The molecule has 2 unspecified atom stereocenters. The van der Waals surface area contributed by atoms with E-state index in [4.69, 9.17) is 5.11 Å². The maximum Gasteiger partial charge on any atom is 0.0555 e. The lowest BCUT2D eigenvalue weighted by molar-refractivity contribution is 0.264. The quantitative estimate of drug-likeness (QED) is 0.712. The first-order valence-electron chi connectivity index (χ1n) is 7.74. The first kappa shape index (κ1) is 15.4. The highest BCUT2D eigenvalue weighted by Gasteiger charge is 2.32. The lowest BCUT2D eigenvalue weighted by Gasteiger charge is -2.25. The molecule has 0 bridgehead atoms. The molecule has 2 heterocycles. The molecule has 1 aliphatic rings. The Balaban J connectivity index is 1.78. The van der Waals surface area contributed by atoms with Gasteiger partial charge in [-0.25, -0.2) is 0 Å². The van der Waals surface area contributed by atoms with Gasteiger partial charge < -0.3 is 10.4 Å². The molecule has 0 aliphatic carbocycles. The summed E-state index contributed by atoms with van der Waals surface area (Å²) in [5.74, 6) is 0.752. The zero-order valence-corrected chi connectivity index (χ0v) is 12.5. The van der Waals surface area contributed by atoms with Gasteiger partial charge in [-0.3, -0.25) is 9.88 Å². The molecule has 0 amide bonds. The van der Waals surface area contributed by atoms with E-state index in [2.05, 4.69) is 28.3 Å². The first-order valence-corrected chi connectivity index (χ1v) is 7.74. The summed E-state index contributed by atoms with van der Waals surface area (Å²) in [6.45, 7) is 3.15. The molecule has 20 heavy (non-hydrogen) atoms. The molecule has 1 fully saturated rings. The fourth-order valence-corrected chi connectivity index (χ4v) is 3.27. The molecule has 0 radical (unpaired) electrons. The highest BCUT2D eigenvalue weighted by molar-refractivity contribution is 5.16. The summed E-state index contributed by atoms with van der Waals surface area (Å²) >= 11 is 0. The lowest BCUT2D eigenvalue weighted by Crippen LogP contribution is -2.22. The summed E-state index contributed by atoms with van der Waals surface area (Å²) in [5, 5.41) is 12.0. The van der Waals surface area contributed by atoms with Gasteiger partial charge in [-0.05, 0) is 56.9 Å². The van der Waals surface area contributed by atoms with Crippen molar-refractivity contribution in [3.63, 3.8) is 0 Å². The third kappa shape index (κ3) is 4.27. The number of hydrogen-bond donors (Lipinski definition) is 2. The lowest BCUT2D eigenvalue weighted by atomic mass is 9.90. The minimum atomic E-state index is 0.233. The Kier molecular flexibility index (Phi) is 6.43. The number of hydrogen-bond acceptors (Lipinski definition) is 4. The van der Waals surface area contributed by atoms with Crippen LogP contribution in [0.1, 0.15) is 37.3 Å². The topological polar surface area (TPSA) is 48.4 Å². The van der Waals surface area contributed by atoms with Crippen molar-refractivity contribution in [3.8, 4) is 0 Å². The number of unbranched alkanes of at least 4 members (excludes halogenated alkanes) is 1. The largest absolute Gasteiger partial charge is 0.395 e. The van der Waals surface area contributed by atoms with E-state index in [1.54, 1.807) is 0 Å². The summed E-state index contributed by atoms with van der Waals surface area (Å²) in [6.07, 6.45) is 8.89. The van der Waals surface area contributed by atoms with Crippen molar-refractivity contribution >= 4 is 0 Å². The van der Waals surface area contributed by atoms with Gasteiger partial charge in [-0.1, -0.05) is 12.5 Å². The van der Waals surface area contributed by atoms with Crippen molar-refractivity contribution in [1.82, 2.24) is 15.2 Å². The molecule has 1 aromatic heterocycles. The van der Waals surface area contributed by atoms with E-state index in [1.165, 1.54) is 37.8 Å². The summed E-state index contributed by atoms with van der Waals surface area (Å²) < 4.78 is 0. The standard InChI is InChI=1S/C16H27N3O/c1-19-11-7-14(5-2-3-8-17-10-12-20)16(19)15-6-4-9-18-13-15/h4,6,9,13-14,16-17,20H,2-3,5,7-8,10-12H2,1H3. The number of pyridine rings is 1. The van der Waals surface area contributed by atoms with Crippen molar-refractivity contribution in [2.24, 2.45) is 5.92 Å². The number of aliphatic hydroxyl groups excluding tert-OH is 1. The molecule has 1 aromatic rings. The van der Waals surface area contributed by atoms with Gasteiger partial charge in [0.15, 0.2) is 0 Å². The molecule has 0 saturated carbocycles. The average Bonchev–Trinajstić information content (AvgIpc) is 2.84. The number of likely N-dealkylation sites (tertiary alicyclic amines) is 1. The van der Waals surface area contributed by atoms with Crippen molar-refractivity contribution in [1.29, 1.82) is 0 Å². The fourth-order valence-electron chi connectivity index (χ4n) is 3.27. The molecule has 1 saturated heterocycles. The van der Waals surface area contributed by atoms with Crippen LogP contribution in [-0.4, -0.2) is 48.3 Å². The van der Waals surface area contributed by atoms with Crippen molar-refractivity contribution < 1.29 is 5.11 Å². The molecule has 1 aliphatic heterocycles. The van der Waals surface area contributed by atoms with Crippen molar-refractivity contribution in [2.45, 2.75) is 31.7 Å². The number of nitrogens with one attached hydrogen (secondary N) is 1. The Morgan fingerprint density at radius 1 is 1.40 bits per heavy atom. The van der Waals surface area contributed by atoms with Gasteiger partial charge in [0.05, 0.1) is 6.61 Å². The smallest absolute Gasteiger partial charge is 0.0555 e. The molecular formula is C16H27N3O. The molecule has 112 valence electrons. The maximum absolute atomic E-state index is 8.71. The predicted molar refractivity (Wildman–Crippen MR) is 81.5 cm³/mol. The Hall–Kier alpha value is -0.970. The van der Waals surface area contributed by atoms with E-state index >= 15 is 0 Å². The predicted octanol–water partition coefficient (Wildman–Crippen LogP) is 1.83. The van der Waals surface area contributed by atoms with Crippen LogP contribution in [0.3, 0.4) is 0 Å². The highest BCUT2D eigenvalue weighted by Crippen LogP contribution is 2.38. The molecule has 0 aromatic carbocycles. The summed E-state index contributed by atoms with van der Waals surface area (Å²) in [7, 11) is 2.22. The maximum atomic E-state index is 8.71. The van der Waals surface area contributed by atoms with Crippen LogP contribution in [0.25, 0.3) is 0 Å². The molecule has 4 nitrogen and oxygen atoms in total. The van der Waals surface area contributed by atoms with Crippen LogP contribution in [0, 0.1) is 5.92 Å². The van der Waals surface area contributed by atoms with E-state index in [0.29, 0.717) is 12.6 Å². The van der Waals surface area contributed by atoms with E-state index in [9.17, 15) is 0 Å². The zero-order valence-electron chi connectivity index (χ0n) is 12.5. The van der Waals surface area contributed by atoms with Crippen LogP contribution in [0.15, 0.2) is 24.5 Å². The van der Waals surface area contributed by atoms with E-state index in [0.717, 1.165) is 12.5 Å². The van der Waals surface area contributed by atoms with Gasteiger partial charge in [0.1, 0.15) is 0 Å². The second-order valence-corrected chi connectivity index (χ2v) is 5.73. The highest BCUT2D eigenvalue weighted by atomic mass is 16.3. The van der Waals surface area contributed by atoms with Gasteiger partial charge in [-0.15, -0.1) is 0 Å². The van der Waals surface area contributed by atoms with Crippen LogP contribution in [0.2, 0.25) is 0 Å². The number of nitrogens with zero attached hydrogens (tertiary/aromatic N) is 2. The third-order valence-corrected chi connectivity index (χ3v) is 4.27. The molecule has 2 N–H and O–H groups in total. The molecular weight excluding hydrogens is 250 g/mol. The Labute approximate surface area is 122 Å². The van der Waals surface area contributed by atoms with Crippen LogP contribution in [-0.2, 0) is 0 Å². The minimum Gasteiger partial charge on any atom is -0.395 e. The van der Waals surface area contributed by atoms with Crippen molar-refractivity contribution in [2.75, 3.05) is 33.3 Å². The Morgan fingerprint density at radius 3 is 3.05 bits per heavy atom. The van der Waals surface area contributed by atoms with Gasteiger partial charge >= 0.3 is 0 Å². The Bertz CT molecular complexity index is 371.